The molecule has 2 aliphatic heterocycles. The van der Waals surface area contributed by atoms with Crippen molar-refractivity contribution >= 4 is 17.5 Å². The third-order valence-electron chi connectivity index (χ3n) is 5.65. The quantitative estimate of drug-likeness (QED) is 0.452. The van der Waals surface area contributed by atoms with E-state index in [2.05, 4.69) is 44.8 Å². The predicted molar refractivity (Wildman–Crippen MR) is 111 cm³/mol. The molecule has 1 atom stereocenters. The summed E-state index contributed by atoms with van der Waals surface area (Å²) in [5.41, 5.74) is 4.44. The van der Waals surface area contributed by atoms with Gasteiger partial charge in [-0.05, 0) is 43.4 Å². The molecule has 0 bridgehead atoms. The summed E-state index contributed by atoms with van der Waals surface area (Å²) in [6.45, 7) is 2.70. The molecule has 1 aromatic carbocycles. The van der Waals surface area contributed by atoms with E-state index in [4.69, 9.17) is 10.2 Å². The van der Waals surface area contributed by atoms with Crippen LogP contribution in [0, 0.1) is 0 Å². The highest BCUT2D eigenvalue weighted by molar-refractivity contribution is 5.79. The number of benzene rings is 1. The Morgan fingerprint density at radius 2 is 1.93 bits per heavy atom. The lowest BCUT2D eigenvalue weighted by molar-refractivity contribution is -0.127. The van der Waals surface area contributed by atoms with Gasteiger partial charge in [0.15, 0.2) is 0 Å². The van der Waals surface area contributed by atoms with E-state index < -0.39 is 5.91 Å². The van der Waals surface area contributed by atoms with Crippen LogP contribution in [0.1, 0.15) is 42.3 Å². The second kappa shape index (κ2) is 9.19. The normalized spacial score (nSPS) is 19.2. The molecule has 8 nitrogen and oxygen atoms in total. The Labute approximate surface area is 170 Å². The Morgan fingerprint density at radius 1 is 1.17 bits per heavy atom. The van der Waals surface area contributed by atoms with Crippen LogP contribution in [0.4, 0.5) is 11.6 Å². The number of hydrogen-bond acceptors (Lipinski definition) is 7. The lowest BCUT2D eigenvalue weighted by Crippen LogP contribution is -2.32. The number of piperidine rings is 1. The number of hydrogen-bond donors (Lipinski definition) is 4. The Balaban J connectivity index is 1.58. The lowest BCUT2D eigenvalue weighted by atomic mass is 10.0. The number of fused-ring (bicyclic) bond motifs is 1. The van der Waals surface area contributed by atoms with Gasteiger partial charge < -0.3 is 15.5 Å². The number of nitrogens with zero attached hydrogens (tertiary/aromatic N) is 3. The molecule has 2 aromatic rings. The summed E-state index contributed by atoms with van der Waals surface area (Å²) in [7, 11) is 0. The van der Waals surface area contributed by atoms with Crippen molar-refractivity contribution in [2.24, 2.45) is 0 Å². The highest BCUT2D eigenvalue weighted by Gasteiger charge is 2.22. The lowest BCUT2D eigenvalue weighted by Gasteiger charge is -2.26. The first-order valence-corrected chi connectivity index (χ1v) is 10.3. The fraction of sp³-hybridized carbons (Fsp3) is 0.476. The highest BCUT2D eigenvalue weighted by Crippen LogP contribution is 2.26. The fourth-order valence-corrected chi connectivity index (χ4v) is 4.04. The summed E-state index contributed by atoms with van der Waals surface area (Å²) >= 11 is 0. The van der Waals surface area contributed by atoms with Crippen LogP contribution < -0.4 is 21.0 Å². The van der Waals surface area contributed by atoms with Crippen LogP contribution in [0.5, 0.6) is 0 Å². The molecule has 0 saturated carbocycles. The van der Waals surface area contributed by atoms with Crippen LogP contribution in [-0.4, -0.2) is 47.3 Å². The molecule has 3 heterocycles. The molecule has 29 heavy (non-hydrogen) atoms. The Kier molecular flexibility index (Phi) is 6.21. The Morgan fingerprint density at radius 3 is 2.59 bits per heavy atom. The SMILES string of the molecule is O=C(CNc1cc(N2CCc3ccccc3CC2)nc(C2CCCCN2)n1)NO. The first-order valence-electron chi connectivity index (χ1n) is 10.3. The second-order valence-corrected chi connectivity index (χ2v) is 7.62. The van der Waals surface area contributed by atoms with Gasteiger partial charge in [-0.2, -0.15) is 0 Å². The zero-order valence-corrected chi connectivity index (χ0v) is 16.5. The number of carbonyl (C=O) groups is 1. The van der Waals surface area contributed by atoms with Crippen molar-refractivity contribution in [2.45, 2.75) is 38.1 Å². The standard InChI is InChI=1S/C21H28N6O2/c28-20(26-29)14-23-18-13-19(25-21(24-18)17-7-3-4-10-22-17)27-11-8-15-5-1-2-6-16(15)9-12-27/h1-2,5-6,13,17,22,29H,3-4,7-12,14H2,(H,26,28)(H,23,24,25). The van der Waals surface area contributed by atoms with Crippen LogP contribution in [0.15, 0.2) is 30.3 Å². The maximum atomic E-state index is 11.4. The van der Waals surface area contributed by atoms with Crippen LogP contribution in [-0.2, 0) is 17.6 Å². The van der Waals surface area contributed by atoms with Crippen LogP contribution in [0.25, 0.3) is 0 Å². The van der Waals surface area contributed by atoms with Gasteiger partial charge >= 0.3 is 0 Å². The van der Waals surface area contributed by atoms with Crippen molar-refractivity contribution in [1.29, 1.82) is 0 Å². The highest BCUT2D eigenvalue weighted by atomic mass is 16.5. The van der Waals surface area contributed by atoms with Crippen LogP contribution >= 0.6 is 0 Å². The average Bonchev–Trinajstić information content (AvgIpc) is 3.00. The minimum Gasteiger partial charge on any atom is -0.361 e. The molecular formula is C21H28N6O2. The first-order chi connectivity index (χ1) is 14.2. The summed E-state index contributed by atoms with van der Waals surface area (Å²) in [6, 6.07) is 10.6. The van der Waals surface area contributed by atoms with E-state index in [1.807, 2.05) is 6.07 Å². The Hall–Kier alpha value is -2.71. The zero-order chi connectivity index (χ0) is 20.1. The minimum atomic E-state index is -0.507. The number of amides is 1. The van der Waals surface area contributed by atoms with Gasteiger partial charge in [0.2, 0.25) is 0 Å². The molecule has 1 amide bonds. The number of nitrogens with one attached hydrogen (secondary N) is 3. The molecule has 1 fully saturated rings. The van der Waals surface area contributed by atoms with Gasteiger partial charge in [-0.25, -0.2) is 15.4 Å². The van der Waals surface area contributed by atoms with Crippen LogP contribution in [0.2, 0.25) is 0 Å². The molecule has 0 radical (unpaired) electrons. The maximum Gasteiger partial charge on any atom is 0.262 e. The van der Waals surface area contributed by atoms with Crippen molar-refractivity contribution in [2.75, 3.05) is 36.4 Å². The minimum absolute atomic E-state index is 0.0457. The molecule has 1 aromatic heterocycles. The van der Waals surface area contributed by atoms with E-state index in [1.54, 1.807) is 5.48 Å². The number of aromatic nitrogens is 2. The summed E-state index contributed by atoms with van der Waals surface area (Å²) < 4.78 is 0. The molecular weight excluding hydrogens is 368 g/mol. The van der Waals surface area contributed by atoms with E-state index in [9.17, 15) is 4.79 Å². The first kappa shape index (κ1) is 19.6. The molecule has 154 valence electrons. The third-order valence-corrected chi connectivity index (χ3v) is 5.65. The van der Waals surface area contributed by atoms with Crippen molar-refractivity contribution < 1.29 is 10.0 Å². The topological polar surface area (TPSA) is 102 Å². The number of anilines is 2. The van der Waals surface area contributed by atoms with E-state index in [-0.39, 0.29) is 12.6 Å². The second-order valence-electron chi connectivity index (χ2n) is 7.62. The fourth-order valence-electron chi connectivity index (χ4n) is 4.04. The molecule has 1 unspecified atom stereocenters. The number of carbonyl (C=O) groups excluding carboxylic acids is 1. The summed E-state index contributed by atoms with van der Waals surface area (Å²) in [6.07, 6.45) is 5.29. The molecule has 0 aliphatic carbocycles. The molecule has 1 saturated heterocycles. The zero-order valence-electron chi connectivity index (χ0n) is 16.5. The van der Waals surface area contributed by atoms with Gasteiger partial charge in [-0.1, -0.05) is 30.7 Å². The van der Waals surface area contributed by atoms with Crippen LogP contribution in [0.3, 0.4) is 0 Å². The smallest absolute Gasteiger partial charge is 0.262 e. The monoisotopic (exact) mass is 396 g/mol. The van der Waals surface area contributed by atoms with Gasteiger partial charge in [0, 0.05) is 19.2 Å². The van der Waals surface area contributed by atoms with Crippen molar-refractivity contribution in [1.82, 2.24) is 20.8 Å². The van der Waals surface area contributed by atoms with Gasteiger partial charge in [-0.15, -0.1) is 0 Å². The van der Waals surface area contributed by atoms with Gasteiger partial charge in [0.1, 0.15) is 17.5 Å². The molecule has 2 aliphatic rings. The molecule has 0 spiro atoms. The largest absolute Gasteiger partial charge is 0.361 e. The van der Waals surface area contributed by atoms with Gasteiger partial charge in [0.25, 0.3) is 5.91 Å². The van der Waals surface area contributed by atoms with E-state index in [0.717, 1.165) is 57.0 Å². The van der Waals surface area contributed by atoms with E-state index in [0.29, 0.717) is 5.82 Å². The molecule has 4 rings (SSSR count). The van der Waals surface area contributed by atoms with Crippen molar-refractivity contribution in [3.05, 3.63) is 47.3 Å². The Bertz CT molecular complexity index is 826. The van der Waals surface area contributed by atoms with Gasteiger partial charge in [0.05, 0.1) is 12.6 Å². The van der Waals surface area contributed by atoms with E-state index in [1.165, 1.54) is 17.5 Å². The summed E-state index contributed by atoms with van der Waals surface area (Å²) in [5, 5.41) is 15.3. The summed E-state index contributed by atoms with van der Waals surface area (Å²) in [5.74, 6) is 1.73. The number of hydroxylamine groups is 1. The van der Waals surface area contributed by atoms with Gasteiger partial charge in [-0.3, -0.25) is 10.0 Å². The third kappa shape index (κ3) is 4.83. The van der Waals surface area contributed by atoms with Crippen molar-refractivity contribution in [3.63, 3.8) is 0 Å². The summed E-state index contributed by atoms with van der Waals surface area (Å²) in [4.78, 5) is 23.3. The maximum absolute atomic E-state index is 11.4. The molecule has 4 N–H and O–H groups in total. The number of rotatable bonds is 5. The van der Waals surface area contributed by atoms with E-state index >= 15 is 0 Å². The average molecular weight is 396 g/mol. The van der Waals surface area contributed by atoms with Crippen molar-refractivity contribution in [3.8, 4) is 0 Å². The molecule has 8 heteroatoms. The predicted octanol–water partition coefficient (Wildman–Crippen LogP) is 1.81.